The number of rotatable bonds is 0. The van der Waals surface area contributed by atoms with E-state index in [1.54, 1.807) is 11.3 Å². The van der Waals surface area contributed by atoms with Crippen molar-refractivity contribution in [3.63, 3.8) is 0 Å². The fraction of sp³-hybridized carbons (Fsp3) is 0. The van der Waals surface area contributed by atoms with Crippen molar-refractivity contribution in [1.82, 2.24) is 0 Å². The zero-order valence-corrected chi connectivity index (χ0v) is 7.50. The van der Waals surface area contributed by atoms with Crippen LogP contribution in [-0.2, 0) is 0 Å². The molecule has 0 aliphatic heterocycles. The highest BCUT2D eigenvalue weighted by Gasteiger charge is 1.96. The zero-order chi connectivity index (χ0) is 6.97. The van der Waals surface area contributed by atoms with E-state index in [4.69, 9.17) is 0 Å². The monoisotopic (exact) mass is 211 g/mol. The molecule has 0 N–H and O–H groups in total. The summed E-state index contributed by atoms with van der Waals surface area (Å²) in [7, 11) is 0. The van der Waals surface area contributed by atoms with Crippen molar-refractivity contribution in [2.24, 2.45) is 0 Å². The van der Waals surface area contributed by atoms with Gasteiger partial charge in [0.25, 0.3) is 0 Å². The summed E-state index contributed by atoms with van der Waals surface area (Å²) in [6.45, 7) is 0. The van der Waals surface area contributed by atoms with Gasteiger partial charge in [-0.3, -0.25) is 0 Å². The van der Waals surface area contributed by atoms with Gasteiger partial charge >= 0.3 is 0 Å². The Hall–Kier alpha value is -0.340. The maximum Gasteiger partial charge on any atom is 0.0491 e. The van der Waals surface area contributed by atoms with E-state index in [-0.39, 0.29) is 0 Å². The average molecular weight is 212 g/mol. The minimum absolute atomic E-state index is 1.16. The third-order valence-corrected chi connectivity index (χ3v) is 3.19. The lowest BCUT2D eigenvalue weighted by Gasteiger charge is -1.89. The molecule has 10 heavy (non-hydrogen) atoms. The van der Waals surface area contributed by atoms with E-state index in [0.29, 0.717) is 0 Å². The van der Waals surface area contributed by atoms with Crippen molar-refractivity contribution < 1.29 is 0 Å². The number of halogens is 1. The van der Waals surface area contributed by atoms with Crippen LogP contribution in [0.3, 0.4) is 0 Å². The minimum atomic E-state index is 1.16. The molecule has 1 heterocycles. The van der Waals surface area contributed by atoms with Crippen LogP contribution in [0.1, 0.15) is 0 Å². The van der Waals surface area contributed by atoms with Gasteiger partial charge in [0, 0.05) is 14.6 Å². The molecule has 1 radical (unpaired) electrons. The SMILES string of the molecule is Brc1cccc2c[c]sc12. The van der Waals surface area contributed by atoms with Crippen molar-refractivity contribution in [2.75, 3.05) is 0 Å². The van der Waals surface area contributed by atoms with Gasteiger partial charge < -0.3 is 0 Å². The predicted molar refractivity (Wildman–Crippen MR) is 48.4 cm³/mol. The number of benzene rings is 1. The Kier molecular flexibility index (Phi) is 1.51. The predicted octanol–water partition coefficient (Wildman–Crippen LogP) is 3.46. The molecule has 0 bridgehead atoms. The summed E-state index contributed by atoms with van der Waals surface area (Å²) in [6, 6.07) is 8.18. The van der Waals surface area contributed by atoms with Crippen LogP contribution in [0.5, 0.6) is 0 Å². The molecule has 0 fully saturated rings. The molecule has 0 spiro atoms. The normalized spacial score (nSPS) is 10.5. The molecule has 0 nitrogen and oxygen atoms in total. The highest BCUT2D eigenvalue weighted by Crippen LogP contribution is 2.27. The Labute approximate surface area is 71.6 Å². The maximum absolute atomic E-state index is 3.47. The van der Waals surface area contributed by atoms with Crippen LogP contribution >= 0.6 is 27.3 Å². The van der Waals surface area contributed by atoms with E-state index in [1.807, 2.05) is 18.2 Å². The van der Waals surface area contributed by atoms with Crippen LogP contribution in [-0.4, -0.2) is 0 Å². The van der Waals surface area contributed by atoms with Gasteiger partial charge in [0.1, 0.15) is 0 Å². The molecule has 0 atom stereocenters. The smallest absolute Gasteiger partial charge is 0.0491 e. The first-order chi connectivity index (χ1) is 4.88. The van der Waals surface area contributed by atoms with E-state index in [2.05, 4.69) is 27.4 Å². The fourth-order valence-corrected chi connectivity index (χ4v) is 2.24. The molecule has 49 valence electrons. The van der Waals surface area contributed by atoms with E-state index < -0.39 is 0 Å². The Bertz CT molecular complexity index is 351. The van der Waals surface area contributed by atoms with Gasteiger partial charge in [-0.15, -0.1) is 11.3 Å². The standard InChI is InChI=1S/C8H4BrS/c9-7-3-1-2-6-4-5-10-8(6)7/h1-4H. The lowest BCUT2D eigenvalue weighted by atomic mass is 10.3. The number of fused-ring (bicyclic) bond motifs is 1. The summed E-state index contributed by atoms with van der Waals surface area (Å²) in [5.41, 5.74) is 0. The largest absolute Gasteiger partial charge is 0.133 e. The van der Waals surface area contributed by atoms with E-state index >= 15 is 0 Å². The van der Waals surface area contributed by atoms with Crippen LogP contribution in [0, 0.1) is 5.38 Å². The second kappa shape index (κ2) is 2.36. The molecule has 0 saturated heterocycles. The van der Waals surface area contributed by atoms with Crippen molar-refractivity contribution in [3.8, 4) is 0 Å². The van der Waals surface area contributed by atoms with Gasteiger partial charge in [-0.1, -0.05) is 12.1 Å². The first kappa shape index (κ1) is 6.38. The van der Waals surface area contributed by atoms with Gasteiger partial charge in [0.2, 0.25) is 0 Å². The third kappa shape index (κ3) is 0.879. The molecule has 2 heteroatoms. The van der Waals surface area contributed by atoms with Gasteiger partial charge in [-0.2, -0.15) is 0 Å². The molecule has 2 aromatic rings. The number of thiophene rings is 1. The highest BCUT2D eigenvalue weighted by atomic mass is 79.9. The zero-order valence-electron chi connectivity index (χ0n) is 5.10. The second-order valence-corrected chi connectivity index (χ2v) is 3.72. The summed E-state index contributed by atoms with van der Waals surface area (Å²) < 4.78 is 2.44. The second-order valence-electron chi connectivity index (χ2n) is 2.02. The van der Waals surface area contributed by atoms with Gasteiger partial charge in [-0.25, -0.2) is 0 Å². The summed E-state index contributed by atoms with van der Waals surface area (Å²) in [6.07, 6.45) is 0. The average Bonchev–Trinajstić information content (AvgIpc) is 2.36. The maximum atomic E-state index is 3.47. The molecule has 0 saturated carbocycles. The molecule has 0 unspecified atom stereocenters. The van der Waals surface area contributed by atoms with Crippen LogP contribution in [0.4, 0.5) is 0 Å². The Morgan fingerprint density at radius 2 is 2.30 bits per heavy atom. The molecule has 0 amide bonds. The van der Waals surface area contributed by atoms with E-state index in [0.717, 1.165) is 4.47 Å². The molecule has 0 aliphatic rings. The molecule has 2 rings (SSSR count). The van der Waals surface area contributed by atoms with Crippen molar-refractivity contribution in [1.29, 1.82) is 0 Å². The first-order valence-corrected chi connectivity index (χ1v) is 4.53. The summed E-state index contributed by atoms with van der Waals surface area (Å²) >= 11 is 5.11. The van der Waals surface area contributed by atoms with Crippen LogP contribution < -0.4 is 0 Å². The highest BCUT2D eigenvalue weighted by molar-refractivity contribution is 9.10. The van der Waals surface area contributed by atoms with Gasteiger partial charge in [0.05, 0.1) is 0 Å². The first-order valence-electron chi connectivity index (χ1n) is 2.92. The van der Waals surface area contributed by atoms with Crippen LogP contribution in [0.2, 0.25) is 0 Å². The third-order valence-electron chi connectivity index (χ3n) is 1.37. The van der Waals surface area contributed by atoms with Crippen molar-refractivity contribution in [3.05, 3.63) is 34.1 Å². The lowest BCUT2D eigenvalue weighted by molar-refractivity contribution is 1.80. The van der Waals surface area contributed by atoms with E-state index in [1.165, 1.54) is 10.1 Å². The lowest BCUT2D eigenvalue weighted by Crippen LogP contribution is -1.62. The van der Waals surface area contributed by atoms with Crippen LogP contribution in [0.25, 0.3) is 10.1 Å². The molecular formula is C8H4BrS. The summed E-state index contributed by atoms with van der Waals surface area (Å²) in [4.78, 5) is 0. The number of hydrogen-bond donors (Lipinski definition) is 0. The van der Waals surface area contributed by atoms with Gasteiger partial charge in [-0.05, 0) is 33.4 Å². The fourth-order valence-electron chi connectivity index (χ4n) is 0.899. The van der Waals surface area contributed by atoms with E-state index in [9.17, 15) is 0 Å². The number of hydrogen-bond acceptors (Lipinski definition) is 1. The molecule has 1 aromatic carbocycles. The topological polar surface area (TPSA) is 0 Å². The molecular weight excluding hydrogens is 208 g/mol. The Morgan fingerprint density at radius 1 is 1.40 bits per heavy atom. The molecule has 0 aliphatic carbocycles. The molecule has 1 aromatic heterocycles. The summed E-state index contributed by atoms with van der Waals surface area (Å²) in [5, 5.41) is 4.35. The van der Waals surface area contributed by atoms with Crippen LogP contribution in [0.15, 0.2) is 28.7 Å². The Morgan fingerprint density at radius 3 is 3.10 bits per heavy atom. The van der Waals surface area contributed by atoms with Crippen molar-refractivity contribution >= 4 is 37.4 Å². The summed E-state index contributed by atoms with van der Waals surface area (Å²) in [5.74, 6) is 0. The Balaban J connectivity index is 2.95. The van der Waals surface area contributed by atoms with Gasteiger partial charge in [0.15, 0.2) is 0 Å². The van der Waals surface area contributed by atoms with Crippen molar-refractivity contribution in [2.45, 2.75) is 0 Å². The quantitative estimate of drug-likeness (QED) is 0.627. The minimum Gasteiger partial charge on any atom is -0.133 e.